The van der Waals surface area contributed by atoms with Crippen LogP contribution in [0.5, 0.6) is 0 Å². The molecule has 0 spiro atoms. The van der Waals surface area contributed by atoms with Crippen molar-refractivity contribution in [1.29, 1.82) is 0 Å². The summed E-state index contributed by atoms with van der Waals surface area (Å²) in [6, 6.07) is 0.310. The summed E-state index contributed by atoms with van der Waals surface area (Å²) in [5, 5.41) is 0. The molecule has 0 radical (unpaired) electrons. The minimum absolute atomic E-state index is 0.157. The van der Waals surface area contributed by atoms with E-state index in [0.29, 0.717) is 19.2 Å². The molecule has 0 amide bonds. The molecule has 5 nitrogen and oxygen atoms in total. The van der Waals surface area contributed by atoms with E-state index in [9.17, 15) is 4.79 Å². The zero-order chi connectivity index (χ0) is 13.5. The minimum Gasteiger partial charge on any atom is -0.465 e. The summed E-state index contributed by atoms with van der Waals surface area (Å²) in [5.41, 5.74) is 0. The molecule has 0 aliphatic carbocycles. The highest BCUT2D eigenvalue weighted by molar-refractivity contribution is 5.71. The van der Waals surface area contributed by atoms with Crippen LogP contribution in [0.2, 0.25) is 0 Å². The van der Waals surface area contributed by atoms with Gasteiger partial charge in [-0.05, 0) is 27.8 Å². The highest BCUT2D eigenvalue weighted by Crippen LogP contribution is 2.08. The first-order valence-electron chi connectivity index (χ1n) is 6.72. The first-order chi connectivity index (χ1) is 8.52. The molecule has 1 unspecified atom stereocenters. The Morgan fingerprint density at radius 1 is 1.56 bits per heavy atom. The third kappa shape index (κ3) is 5.33. The Balaban J connectivity index is 2.44. The molecule has 106 valence electrons. The van der Waals surface area contributed by atoms with Crippen LogP contribution in [-0.2, 0) is 14.3 Å². The van der Waals surface area contributed by atoms with Gasteiger partial charge >= 0.3 is 5.97 Å². The summed E-state index contributed by atoms with van der Waals surface area (Å²) in [4.78, 5) is 15.9. The van der Waals surface area contributed by atoms with Crippen LogP contribution in [0.1, 0.15) is 20.8 Å². The number of rotatable bonds is 6. The Morgan fingerprint density at radius 2 is 2.28 bits per heavy atom. The van der Waals surface area contributed by atoms with E-state index in [1.165, 1.54) is 0 Å². The quantitative estimate of drug-likeness (QED) is 0.652. The lowest BCUT2D eigenvalue weighted by Gasteiger charge is -2.35. The molecule has 1 rings (SSSR count). The van der Waals surface area contributed by atoms with Crippen molar-refractivity contribution < 1.29 is 14.3 Å². The predicted octanol–water partition coefficient (Wildman–Crippen LogP) is 0.591. The molecule has 1 aliphatic heterocycles. The van der Waals surface area contributed by atoms with Crippen molar-refractivity contribution in [3.8, 4) is 0 Å². The zero-order valence-corrected chi connectivity index (χ0v) is 12.0. The van der Waals surface area contributed by atoms with E-state index in [2.05, 4.69) is 30.7 Å². The molecule has 18 heavy (non-hydrogen) atoms. The molecule has 1 saturated heterocycles. The molecule has 0 aromatic rings. The largest absolute Gasteiger partial charge is 0.465 e. The second-order valence-corrected chi connectivity index (χ2v) is 5.08. The summed E-state index contributed by atoms with van der Waals surface area (Å²) in [7, 11) is 2.10. The van der Waals surface area contributed by atoms with Crippen LogP contribution in [0.3, 0.4) is 0 Å². The van der Waals surface area contributed by atoms with Gasteiger partial charge in [-0.15, -0.1) is 0 Å². The van der Waals surface area contributed by atoms with Gasteiger partial charge in [0.15, 0.2) is 0 Å². The van der Waals surface area contributed by atoms with Crippen LogP contribution in [0.15, 0.2) is 0 Å². The van der Waals surface area contributed by atoms with Crippen molar-refractivity contribution in [2.75, 3.05) is 46.4 Å². The van der Waals surface area contributed by atoms with Crippen LogP contribution in [0, 0.1) is 0 Å². The van der Waals surface area contributed by atoms with Gasteiger partial charge in [0, 0.05) is 25.7 Å². The second kappa shape index (κ2) is 7.71. The summed E-state index contributed by atoms with van der Waals surface area (Å²) in [5.74, 6) is -0.157. The summed E-state index contributed by atoms with van der Waals surface area (Å²) in [6.45, 7) is 10.2. The lowest BCUT2D eigenvalue weighted by atomic mass is 10.2. The number of nitrogens with zero attached hydrogens (tertiary/aromatic N) is 2. The van der Waals surface area contributed by atoms with Gasteiger partial charge in [0.1, 0.15) is 0 Å². The van der Waals surface area contributed by atoms with Crippen LogP contribution in [0.25, 0.3) is 0 Å². The number of likely N-dealkylation sites (N-methyl/N-ethyl adjacent to an activating group) is 1. The zero-order valence-electron chi connectivity index (χ0n) is 12.0. The van der Waals surface area contributed by atoms with Gasteiger partial charge in [0.2, 0.25) is 0 Å². The number of esters is 1. The van der Waals surface area contributed by atoms with Gasteiger partial charge in [-0.1, -0.05) is 0 Å². The molecule has 1 atom stereocenters. The second-order valence-electron chi connectivity index (χ2n) is 5.08. The summed E-state index contributed by atoms with van der Waals surface area (Å²) in [6.07, 6.45) is 0.181. The molecule has 1 aliphatic rings. The number of hydrogen-bond donors (Lipinski definition) is 0. The molecule has 0 aromatic carbocycles. The fourth-order valence-corrected chi connectivity index (χ4v) is 2.07. The first kappa shape index (κ1) is 15.4. The smallest absolute Gasteiger partial charge is 0.320 e. The number of carbonyl (C=O) groups is 1. The maximum absolute atomic E-state index is 11.5. The molecule has 0 aromatic heterocycles. The van der Waals surface area contributed by atoms with Gasteiger partial charge in [-0.2, -0.15) is 0 Å². The third-order valence-corrected chi connectivity index (χ3v) is 3.15. The van der Waals surface area contributed by atoms with E-state index >= 15 is 0 Å². The molecule has 1 fully saturated rings. The Hall–Kier alpha value is -0.650. The molecular weight excluding hydrogens is 232 g/mol. The van der Waals surface area contributed by atoms with Gasteiger partial charge in [-0.25, -0.2) is 0 Å². The van der Waals surface area contributed by atoms with Crippen molar-refractivity contribution in [1.82, 2.24) is 9.80 Å². The van der Waals surface area contributed by atoms with E-state index in [0.717, 1.165) is 26.2 Å². The third-order valence-electron chi connectivity index (χ3n) is 3.15. The van der Waals surface area contributed by atoms with Gasteiger partial charge in [0.25, 0.3) is 0 Å². The average Bonchev–Trinajstić information content (AvgIpc) is 2.28. The Bertz CT molecular complexity index is 259. The first-order valence-corrected chi connectivity index (χ1v) is 6.72. The van der Waals surface area contributed by atoms with E-state index in [1.54, 1.807) is 0 Å². The normalized spacial score (nSPS) is 21.6. The molecule has 0 bridgehead atoms. The van der Waals surface area contributed by atoms with Crippen molar-refractivity contribution >= 4 is 5.97 Å². The predicted molar refractivity (Wildman–Crippen MR) is 70.6 cm³/mol. The minimum atomic E-state index is -0.157. The Kier molecular flexibility index (Phi) is 6.60. The summed E-state index contributed by atoms with van der Waals surface area (Å²) >= 11 is 0. The van der Waals surface area contributed by atoms with Crippen molar-refractivity contribution in [3.63, 3.8) is 0 Å². The van der Waals surface area contributed by atoms with Gasteiger partial charge in [0.05, 0.1) is 25.9 Å². The van der Waals surface area contributed by atoms with E-state index in [-0.39, 0.29) is 12.1 Å². The lowest BCUT2D eigenvalue weighted by Crippen LogP contribution is -2.49. The maximum atomic E-state index is 11.5. The SMILES string of the molecule is CCOC(=O)CN(CC1CN(C)CCO1)C(C)C. The standard InChI is InChI=1S/C13H26N2O3/c1-5-17-13(16)10-15(11(2)3)9-12-8-14(4)6-7-18-12/h11-12H,5-10H2,1-4H3. The topological polar surface area (TPSA) is 42.0 Å². The van der Waals surface area contributed by atoms with Crippen molar-refractivity contribution in [3.05, 3.63) is 0 Å². The fourth-order valence-electron chi connectivity index (χ4n) is 2.07. The molecule has 1 heterocycles. The fraction of sp³-hybridized carbons (Fsp3) is 0.923. The van der Waals surface area contributed by atoms with Gasteiger partial charge < -0.3 is 14.4 Å². The molecule has 0 saturated carbocycles. The highest BCUT2D eigenvalue weighted by atomic mass is 16.5. The van der Waals surface area contributed by atoms with Crippen molar-refractivity contribution in [2.45, 2.75) is 32.9 Å². The average molecular weight is 258 g/mol. The van der Waals surface area contributed by atoms with Crippen LogP contribution < -0.4 is 0 Å². The van der Waals surface area contributed by atoms with Gasteiger partial charge in [-0.3, -0.25) is 9.69 Å². The van der Waals surface area contributed by atoms with E-state index < -0.39 is 0 Å². The monoisotopic (exact) mass is 258 g/mol. The van der Waals surface area contributed by atoms with Crippen LogP contribution >= 0.6 is 0 Å². The van der Waals surface area contributed by atoms with Crippen LogP contribution in [-0.4, -0.2) is 74.4 Å². The Labute approximate surface area is 110 Å². The van der Waals surface area contributed by atoms with E-state index in [4.69, 9.17) is 9.47 Å². The van der Waals surface area contributed by atoms with Crippen molar-refractivity contribution in [2.24, 2.45) is 0 Å². The number of carbonyl (C=O) groups excluding carboxylic acids is 1. The molecule has 5 heteroatoms. The highest BCUT2D eigenvalue weighted by Gasteiger charge is 2.23. The number of hydrogen-bond acceptors (Lipinski definition) is 5. The summed E-state index contributed by atoms with van der Waals surface area (Å²) < 4.78 is 10.7. The maximum Gasteiger partial charge on any atom is 0.320 e. The molecular formula is C13H26N2O3. The Morgan fingerprint density at radius 3 is 2.83 bits per heavy atom. The van der Waals surface area contributed by atoms with Crippen LogP contribution in [0.4, 0.5) is 0 Å². The number of morpholine rings is 1. The lowest BCUT2D eigenvalue weighted by molar-refractivity contribution is -0.145. The molecule has 0 N–H and O–H groups in total. The number of ether oxygens (including phenoxy) is 2. The van der Waals surface area contributed by atoms with E-state index in [1.807, 2.05) is 6.92 Å².